The van der Waals surface area contributed by atoms with E-state index >= 15 is 0 Å². The van der Waals surface area contributed by atoms with E-state index < -0.39 is 0 Å². The van der Waals surface area contributed by atoms with Crippen molar-refractivity contribution in [1.82, 2.24) is 10.2 Å². The van der Waals surface area contributed by atoms with Gasteiger partial charge in [-0.15, -0.1) is 0 Å². The molecule has 0 bridgehead atoms. The van der Waals surface area contributed by atoms with E-state index in [0.29, 0.717) is 19.0 Å². The van der Waals surface area contributed by atoms with Gasteiger partial charge in [-0.25, -0.2) is 0 Å². The largest absolute Gasteiger partial charge is 0.337 e. The van der Waals surface area contributed by atoms with Gasteiger partial charge in [-0.2, -0.15) is 17.0 Å². The number of nitrogens with zero attached hydrogens (tertiary/aromatic N) is 2. The molecule has 4 nitrogen and oxygen atoms in total. The van der Waals surface area contributed by atoms with Crippen LogP contribution in [0, 0.1) is 11.3 Å². The Kier molecular flexibility index (Phi) is 4.08. The Morgan fingerprint density at radius 1 is 1.56 bits per heavy atom. The molecule has 0 aromatic heterocycles. The van der Waals surface area contributed by atoms with Crippen molar-refractivity contribution >= 4 is 17.7 Å². The van der Waals surface area contributed by atoms with Gasteiger partial charge in [-0.1, -0.05) is 0 Å². The number of rotatable bonds is 4. The van der Waals surface area contributed by atoms with Crippen molar-refractivity contribution in [3.05, 3.63) is 0 Å². The van der Waals surface area contributed by atoms with Gasteiger partial charge in [0.1, 0.15) is 0 Å². The molecule has 0 spiro atoms. The molecule has 1 aliphatic heterocycles. The van der Waals surface area contributed by atoms with E-state index in [0.717, 1.165) is 30.9 Å². The molecule has 1 unspecified atom stereocenters. The van der Waals surface area contributed by atoms with Gasteiger partial charge in [0, 0.05) is 30.6 Å². The lowest BCUT2D eigenvalue weighted by atomic mass is 10.2. The SMILES string of the molecule is N#CCCN(C(=O)C1CSCCN1)C1CC1. The molecule has 16 heavy (non-hydrogen) atoms. The molecule has 1 atom stereocenters. The van der Waals surface area contributed by atoms with E-state index in [1.54, 1.807) is 0 Å². The fourth-order valence-electron chi connectivity index (χ4n) is 1.95. The van der Waals surface area contributed by atoms with Crippen molar-refractivity contribution in [2.24, 2.45) is 0 Å². The van der Waals surface area contributed by atoms with Gasteiger partial charge in [-0.05, 0) is 12.8 Å². The first-order valence-electron chi connectivity index (χ1n) is 5.81. The van der Waals surface area contributed by atoms with E-state index in [1.807, 2.05) is 16.7 Å². The number of amides is 1. The summed E-state index contributed by atoms with van der Waals surface area (Å²) < 4.78 is 0. The summed E-state index contributed by atoms with van der Waals surface area (Å²) in [6.07, 6.45) is 2.66. The summed E-state index contributed by atoms with van der Waals surface area (Å²) in [7, 11) is 0. The zero-order valence-corrected chi connectivity index (χ0v) is 10.1. The molecule has 1 N–H and O–H groups in total. The molecule has 1 saturated heterocycles. The minimum absolute atomic E-state index is 0.0296. The molecule has 2 aliphatic rings. The summed E-state index contributed by atoms with van der Waals surface area (Å²) >= 11 is 1.83. The molecule has 2 fully saturated rings. The maximum atomic E-state index is 12.2. The zero-order chi connectivity index (χ0) is 11.4. The fraction of sp³-hybridized carbons (Fsp3) is 0.818. The lowest BCUT2D eigenvalue weighted by Gasteiger charge is -2.29. The third kappa shape index (κ3) is 2.89. The smallest absolute Gasteiger partial charge is 0.240 e. The van der Waals surface area contributed by atoms with Crippen LogP contribution in [0.2, 0.25) is 0 Å². The van der Waals surface area contributed by atoms with Crippen molar-refractivity contribution in [2.45, 2.75) is 31.3 Å². The minimum Gasteiger partial charge on any atom is -0.337 e. The number of carbonyl (C=O) groups is 1. The summed E-state index contributed by atoms with van der Waals surface area (Å²) in [6.45, 7) is 1.51. The molecule has 1 aliphatic carbocycles. The lowest BCUT2D eigenvalue weighted by Crippen LogP contribution is -2.51. The number of hydrogen-bond donors (Lipinski definition) is 1. The van der Waals surface area contributed by atoms with Gasteiger partial charge in [0.25, 0.3) is 0 Å². The van der Waals surface area contributed by atoms with Crippen LogP contribution in [-0.2, 0) is 4.79 Å². The highest BCUT2D eigenvalue weighted by atomic mass is 32.2. The minimum atomic E-state index is -0.0296. The second-order valence-electron chi connectivity index (χ2n) is 4.25. The van der Waals surface area contributed by atoms with E-state index in [-0.39, 0.29) is 11.9 Å². The Bertz CT molecular complexity index is 292. The molecule has 5 heteroatoms. The van der Waals surface area contributed by atoms with Crippen LogP contribution >= 0.6 is 11.8 Å². The molecule has 1 saturated carbocycles. The summed E-state index contributed by atoms with van der Waals surface area (Å²) in [6, 6.07) is 2.50. The van der Waals surface area contributed by atoms with Crippen molar-refractivity contribution in [1.29, 1.82) is 5.26 Å². The molecule has 1 amide bonds. The first-order chi connectivity index (χ1) is 7.83. The zero-order valence-electron chi connectivity index (χ0n) is 9.32. The Labute approximate surface area is 100 Å². The topological polar surface area (TPSA) is 56.1 Å². The Balaban J connectivity index is 1.90. The molecular weight excluding hydrogens is 222 g/mol. The number of nitrogens with one attached hydrogen (secondary N) is 1. The quantitative estimate of drug-likeness (QED) is 0.780. The van der Waals surface area contributed by atoms with E-state index in [4.69, 9.17) is 5.26 Å². The third-order valence-electron chi connectivity index (χ3n) is 2.95. The predicted molar refractivity (Wildman–Crippen MR) is 64.1 cm³/mol. The molecule has 0 aromatic carbocycles. The van der Waals surface area contributed by atoms with Crippen LogP contribution < -0.4 is 5.32 Å². The predicted octanol–water partition coefficient (Wildman–Crippen LogP) is 0.596. The van der Waals surface area contributed by atoms with Crippen molar-refractivity contribution in [3.63, 3.8) is 0 Å². The summed E-state index contributed by atoms with van der Waals surface area (Å²) in [5.74, 6) is 2.16. The average molecular weight is 239 g/mol. The van der Waals surface area contributed by atoms with Gasteiger partial charge in [0.05, 0.1) is 18.5 Å². The normalized spacial score (nSPS) is 24.8. The molecule has 1 heterocycles. The van der Waals surface area contributed by atoms with E-state index in [9.17, 15) is 4.79 Å². The second-order valence-corrected chi connectivity index (χ2v) is 5.40. The van der Waals surface area contributed by atoms with Crippen molar-refractivity contribution < 1.29 is 4.79 Å². The Morgan fingerprint density at radius 2 is 2.38 bits per heavy atom. The number of hydrogen-bond acceptors (Lipinski definition) is 4. The highest BCUT2D eigenvalue weighted by molar-refractivity contribution is 7.99. The summed E-state index contributed by atoms with van der Waals surface area (Å²) in [4.78, 5) is 14.1. The van der Waals surface area contributed by atoms with Crippen LogP contribution in [0.4, 0.5) is 0 Å². The van der Waals surface area contributed by atoms with Gasteiger partial charge < -0.3 is 10.2 Å². The van der Waals surface area contributed by atoms with Gasteiger partial charge in [-0.3, -0.25) is 4.79 Å². The highest BCUT2D eigenvalue weighted by Crippen LogP contribution is 2.28. The highest BCUT2D eigenvalue weighted by Gasteiger charge is 2.35. The monoisotopic (exact) mass is 239 g/mol. The van der Waals surface area contributed by atoms with Crippen LogP contribution in [0.1, 0.15) is 19.3 Å². The first-order valence-corrected chi connectivity index (χ1v) is 6.97. The number of nitriles is 1. The van der Waals surface area contributed by atoms with Crippen molar-refractivity contribution in [2.75, 3.05) is 24.6 Å². The lowest BCUT2D eigenvalue weighted by molar-refractivity contribution is -0.133. The first kappa shape index (κ1) is 11.7. The third-order valence-corrected chi connectivity index (χ3v) is 4.02. The van der Waals surface area contributed by atoms with Gasteiger partial charge >= 0.3 is 0 Å². The second kappa shape index (κ2) is 5.55. The van der Waals surface area contributed by atoms with Gasteiger partial charge in [0.2, 0.25) is 5.91 Å². The molecular formula is C11H17N3OS. The number of carbonyl (C=O) groups excluding carboxylic acids is 1. The van der Waals surface area contributed by atoms with Crippen LogP contribution in [-0.4, -0.2) is 47.5 Å². The maximum absolute atomic E-state index is 12.2. The van der Waals surface area contributed by atoms with Crippen LogP contribution in [0.25, 0.3) is 0 Å². The van der Waals surface area contributed by atoms with E-state index in [1.165, 1.54) is 0 Å². The van der Waals surface area contributed by atoms with Crippen LogP contribution in [0.3, 0.4) is 0 Å². The molecule has 88 valence electrons. The molecule has 0 aromatic rings. The van der Waals surface area contributed by atoms with Crippen LogP contribution in [0.5, 0.6) is 0 Å². The summed E-state index contributed by atoms with van der Waals surface area (Å²) in [5.41, 5.74) is 0. The number of thioether (sulfide) groups is 1. The Morgan fingerprint density at radius 3 is 2.94 bits per heavy atom. The van der Waals surface area contributed by atoms with E-state index in [2.05, 4.69) is 11.4 Å². The van der Waals surface area contributed by atoms with Gasteiger partial charge in [0.15, 0.2) is 0 Å². The van der Waals surface area contributed by atoms with Crippen LogP contribution in [0.15, 0.2) is 0 Å². The van der Waals surface area contributed by atoms with Crippen molar-refractivity contribution in [3.8, 4) is 6.07 Å². The molecule has 2 rings (SSSR count). The summed E-state index contributed by atoms with van der Waals surface area (Å²) in [5, 5.41) is 11.9. The average Bonchev–Trinajstić information content (AvgIpc) is 3.15. The fourth-order valence-corrected chi connectivity index (χ4v) is 2.88. The maximum Gasteiger partial charge on any atom is 0.240 e. The standard InChI is InChI=1S/C11H17N3OS/c12-4-1-6-14(9-2-3-9)11(15)10-8-16-7-5-13-10/h9-10,13H,1-3,5-8H2. The molecule has 0 radical (unpaired) electrons. The Hall–Kier alpha value is -0.730.